The SMILES string of the molecule is CC(=O)[C@@H](C)/C=C/C[C@@H]1CO[C@@H]([C@H](O)/C(C)=C/C(=O)OCCCCCCCC(=O)Nc2c3sscc-3[nH]c2=O)[C@@H](O)[C@@H]1O. The van der Waals surface area contributed by atoms with Gasteiger partial charge in [0, 0.05) is 29.7 Å². The predicted octanol–water partition coefficient (Wildman–Crippen LogP) is 3.64. The average molecular weight is 639 g/mol. The number of Topliss-reactive ketones (excluding diaryl/α,β-unsaturated/α-hetero) is 1. The average Bonchev–Trinajstić information content (AvgIpc) is 3.53. The summed E-state index contributed by atoms with van der Waals surface area (Å²) >= 11 is 0. The van der Waals surface area contributed by atoms with E-state index in [1.54, 1.807) is 19.1 Å². The van der Waals surface area contributed by atoms with E-state index in [2.05, 4.69) is 10.3 Å². The van der Waals surface area contributed by atoms with Gasteiger partial charge in [0.05, 0.1) is 29.9 Å². The number of fused-ring (bicyclic) bond motifs is 1. The zero-order valence-electron chi connectivity index (χ0n) is 24.7. The lowest BCUT2D eigenvalue weighted by Gasteiger charge is -2.39. The number of amides is 1. The second-order valence-corrected chi connectivity index (χ2v) is 13.1. The highest BCUT2D eigenvalue weighted by molar-refractivity contribution is 7.70. The van der Waals surface area contributed by atoms with Gasteiger partial charge in [-0.05, 0) is 38.7 Å². The van der Waals surface area contributed by atoms with Crippen molar-refractivity contribution in [2.45, 2.75) is 90.1 Å². The molecule has 0 aromatic carbocycles. The smallest absolute Gasteiger partial charge is 0.330 e. The monoisotopic (exact) mass is 638 g/mol. The van der Waals surface area contributed by atoms with Gasteiger partial charge in [-0.15, -0.1) is 0 Å². The first-order chi connectivity index (χ1) is 20.5. The third kappa shape index (κ3) is 10.2. The summed E-state index contributed by atoms with van der Waals surface area (Å²) in [6.45, 7) is 5.12. The highest BCUT2D eigenvalue weighted by Gasteiger charge is 2.41. The highest BCUT2D eigenvalue weighted by Crippen LogP contribution is 2.35. The molecule has 43 heavy (non-hydrogen) atoms. The minimum atomic E-state index is -1.35. The van der Waals surface area contributed by atoms with Crippen LogP contribution < -0.4 is 10.9 Å². The van der Waals surface area contributed by atoms with E-state index in [1.165, 1.54) is 34.5 Å². The summed E-state index contributed by atoms with van der Waals surface area (Å²) in [5.41, 5.74) is 1.02. The first-order valence-electron chi connectivity index (χ1n) is 14.6. The lowest BCUT2D eigenvalue weighted by Crippen LogP contribution is -2.54. The molecule has 0 aromatic heterocycles. The number of unbranched alkanes of at least 4 members (excludes halogenated alkanes) is 4. The number of allylic oxidation sites excluding steroid dienone is 2. The molecule has 0 bridgehead atoms. The Labute approximate surface area is 258 Å². The number of rotatable bonds is 16. The molecule has 3 aliphatic rings. The van der Waals surface area contributed by atoms with Crippen molar-refractivity contribution in [2.75, 3.05) is 18.5 Å². The van der Waals surface area contributed by atoms with E-state index in [9.17, 15) is 34.5 Å². The minimum absolute atomic E-state index is 0.0324. The molecular formula is C30H42N2O9S2. The van der Waals surface area contributed by atoms with Crippen LogP contribution in [0.3, 0.4) is 0 Å². The van der Waals surface area contributed by atoms with Crippen molar-refractivity contribution in [3.05, 3.63) is 39.5 Å². The van der Waals surface area contributed by atoms with Gasteiger partial charge < -0.3 is 35.1 Å². The van der Waals surface area contributed by atoms with Gasteiger partial charge in [-0.2, -0.15) is 0 Å². The molecule has 0 aromatic rings. The number of aliphatic hydroxyl groups is 3. The number of esters is 1. The van der Waals surface area contributed by atoms with Crippen LogP contribution in [0.2, 0.25) is 0 Å². The third-order valence-corrected chi connectivity index (χ3v) is 9.70. The third-order valence-electron chi connectivity index (χ3n) is 7.60. The molecule has 3 aliphatic heterocycles. The summed E-state index contributed by atoms with van der Waals surface area (Å²) in [5, 5.41) is 36.3. The Balaban J connectivity index is 1.29. The van der Waals surface area contributed by atoms with Crippen LogP contribution >= 0.6 is 20.7 Å². The van der Waals surface area contributed by atoms with Crippen molar-refractivity contribution in [1.29, 1.82) is 0 Å². The largest absolute Gasteiger partial charge is 0.463 e. The molecule has 0 unspecified atom stereocenters. The molecule has 3 rings (SSSR count). The Kier molecular flexibility index (Phi) is 13.7. The van der Waals surface area contributed by atoms with Gasteiger partial charge in [-0.1, -0.05) is 59.0 Å². The molecule has 3 heterocycles. The van der Waals surface area contributed by atoms with E-state index in [-0.39, 0.29) is 42.0 Å². The molecule has 5 N–H and O–H groups in total. The molecule has 0 saturated carbocycles. The molecule has 1 fully saturated rings. The number of hydrogen-bond acceptors (Lipinski definition) is 11. The molecule has 238 valence electrons. The lowest BCUT2D eigenvalue weighted by molar-refractivity contribution is -0.187. The van der Waals surface area contributed by atoms with Gasteiger partial charge >= 0.3 is 5.97 Å². The van der Waals surface area contributed by atoms with Gasteiger partial charge in [-0.25, -0.2) is 4.79 Å². The number of aromatic nitrogens is 1. The molecule has 1 saturated heterocycles. The first kappa shape index (κ1) is 34.8. The number of ketones is 1. The molecule has 13 heteroatoms. The maximum absolute atomic E-state index is 12.2. The molecule has 6 atom stereocenters. The second kappa shape index (κ2) is 17.0. The minimum Gasteiger partial charge on any atom is -0.463 e. The van der Waals surface area contributed by atoms with Crippen molar-refractivity contribution < 1.29 is 39.2 Å². The summed E-state index contributed by atoms with van der Waals surface area (Å²) in [6, 6.07) is 0. The van der Waals surface area contributed by atoms with E-state index in [4.69, 9.17) is 9.47 Å². The van der Waals surface area contributed by atoms with E-state index in [1.807, 2.05) is 5.38 Å². The molecule has 0 radical (unpaired) electrons. The second-order valence-electron chi connectivity index (χ2n) is 11.0. The number of ether oxygens (including phenoxy) is 2. The number of anilines is 1. The van der Waals surface area contributed by atoms with Crippen LogP contribution in [0.4, 0.5) is 5.69 Å². The number of hydrogen-bond donors (Lipinski definition) is 5. The number of carbonyl (C=O) groups is 3. The van der Waals surface area contributed by atoms with Crippen LogP contribution in [0.5, 0.6) is 0 Å². The number of carbonyl (C=O) groups excluding carboxylic acids is 3. The summed E-state index contributed by atoms with van der Waals surface area (Å²) in [7, 11) is 2.94. The maximum atomic E-state index is 12.2. The van der Waals surface area contributed by atoms with E-state index < -0.39 is 36.3 Å². The van der Waals surface area contributed by atoms with Crippen molar-refractivity contribution in [3.63, 3.8) is 0 Å². The fourth-order valence-electron chi connectivity index (χ4n) is 4.73. The number of nitrogens with one attached hydrogen (secondary N) is 2. The maximum Gasteiger partial charge on any atom is 0.330 e. The van der Waals surface area contributed by atoms with Gasteiger partial charge in [-0.3, -0.25) is 14.4 Å². The van der Waals surface area contributed by atoms with Crippen molar-refractivity contribution in [3.8, 4) is 10.6 Å². The zero-order valence-corrected chi connectivity index (χ0v) is 26.4. The number of aromatic amines is 1. The van der Waals surface area contributed by atoms with Gasteiger partial charge in [0.15, 0.2) is 0 Å². The molecule has 0 spiro atoms. The summed E-state index contributed by atoms with van der Waals surface area (Å²) < 4.78 is 10.9. The molecule has 0 aliphatic carbocycles. The topological polar surface area (TPSA) is 175 Å². The lowest BCUT2D eigenvalue weighted by atomic mass is 9.86. The van der Waals surface area contributed by atoms with Crippen LogP contribution in [0.25, 0.3) is 10.6 Å². The zero-order chi connectivity index (χ0) is 31.5. The summed E-state index contributed by atoms with van der Waals surface area (Å²) in [4.78, 5) is 51.3. The van der Waals surface area contributed by atoms with Crippen LogP contribution in [-0.2, 0) is 23.9 Å². The van der Waals surface area contributed by atoms with Gasteiger partial charge in [0.1, 0.15) is 29.8 Å². The number of aliphatic hydroxyl groups excluding tert-OH is 3. The first-order valence-corrected chi connectivity index (χ1v) is 16.8. The van der Waals surface area contributed by atoms with Gasteiger partial charge in [0.2, 0.25) is 5.91 Å². The number of H-pyrrole nitrogens is 1. The van der Waals surface area contributed by atoms with Crippen LogP contribution in [-0.4, -0.2) is 75.6 Å². The predicted molar refractivity (Wildman–Crippen MR) is 165 cm³/mol. The molecule has 11 nitrogen and oxygen atoms in total. The van der Waals surface area contributed by atoms with Crippen LogP contribution in [0, 0.1) is 11.8 Å². The Morgan fingerprint density at radius 1 is 1.16 bits per heavy atom. The Hall–Kier alpha value is -2.68. The Morgan fingerprint density at radius 3 is 2.63 bits per heavy atom. The summed E-state index contributed by atoms with van der Waals surface area (Å²) in [5.74, 6) is -1.41. The molecular weight excluding hydrogens is 596 g/mol. The normalized spacial score (nSPS) is 22.5. The van der Waals surface area contributed by atoms with E-state index in [0.717, 1.165) is 35.9 Å². The van der Waals surface area contributed by atoms with Crippen molar-refractivity contribution >= 4 is 44.0 Å². The van der Waals surface area contributed by atoms with Crippen LogP contribution in [0.1, 0.15) is 65.7 Å². The fourth-order valence-corrected chi connectivity index (χ4v) is 6.89. The van der Waals surface area contributed by atoms with Crippen LogP contribution in [0.15, 0.2) is 34.0 Å². The van der Waals surface area contributed by atoms with Crippen molar-refractivity contribution in [1.82, 2.24) is 4.98 Å². The highest BCUT2D eigenvalue weighted by atomic mass is 32.9. The summed E-state index contributed by atoms with van der Waals surface area (Å²) in [6.07, 6.45) is 4.34. The standard InChI is InChI=1S/C30H42N2O9S2/c1-17(19(3)33)10-9-11-20-15-41-28(27(38)26(20)37)25(36)18(2)14-23(35)40-13-8-6-4-5-7-12-22(34)32-24-29-21(16-42-43-29)31-30(24)39/h9-10,14,16-17,20,25-28,36-38H,4-8,11-13,15H2,1-3H3,(H,31,39)(H,32,34)/b10-9+,18-14+/t17-,20+,25+,26+,27-,28-/m0/s1. The van der Waals surface area contributed by atoms with Gasteiger partial charge in [0.25, 0.3) is 5.56 Å². The Morgan fingerprint density at radius 2 is 1.88 bits per heavy atom. The molecule has 1 amide bonds. The quantitative estimate of drug-likeness (QED) is 0.0604. The van der Waals surface area contributed by atoms with Crippen molar-refractivity contribution in [2.24, 2.45) is 11.8 Å². The van der Waals surface area contributed by atoms with E-state index in [0.29, 0.717) is 31.4 Å². The van der Waals surface area contributed by atoms with E-state index >= 15 is 0 Å². The fraction of sp³-hybridized carbons (Fsp3) is 0.600. The Bertz CT molecular complexity index is 1300.